The third kappa shape index (κ3) is 1.73. The zero-order valence-electron chi connectivity index (χ0n) is 7.14. The van der Waals surface area contributed by atoms with Crippen molar-refractivity contribution in [3.8, 4) is 11.4 Å². The summed E-state index contributed by atoms with van der Waals surface area (Å²) in [6, 6.07) is 3.43. The fourth-order valence-corrected chi connectivity index (χ4v) is 1.07. The van der Waals surface area contributed by atoms with Gasteiger partial charge in [0, 0.05) is 11.8 Å². The van der Waals surface area contributed by atoms with E-state index >= 15 is 0 Å². The lowest BCUT2D eigenvalue weighted by Crippen LogP contribution is -1.95. The summed E-state index contributed by atoms with van der Waals surface area (Å²) in [6.45, 7) is 0.230. The highest BCUT2D eigenvalue weighted by atomic mass is 35.5. The summed E-state index contributed by atoms with van der Waals surface area (Å²) in [7, 11) is 0. The lowest BCUT2D eigenvalue weighted by atomic mass is 10.3. The average Bonchev–Trinajstić information content (AvgIpc) is 2.67. The fourth-order valence-electron chi connectivity index (χ4n) is 0.963. The molecular formula is C8H7ClN4O. The molecule has 0 atom stereocenters. The van der Waals surface area contributed by atoms with Crippen molar-refractivity contribution in [1.82, 2.24) is 15.1 Å². The lowest BCUT2D eigenvalue weighted by molar-refractivity contribution is 0.380. The van der Waals surface area contributed by atoms with Crippen LogP contribution in [-0.2, 0) is 6.54 Å². The first-order valence-corrected chi connectivity index (χ1v) is 4.32. The first-order chi connectivity index (χ1) is 6.79. The van der Waals surface area contributed by atoms with Gasteiger partial charge < -0.3 is 10.3 Å². The minimum absolute atomic E-state index is 0.230. The summed E-state index contributed by atoms with van der Waals surface area (Å²) in [6.07, 6.45) is 1.58. The van der Waals surface area contributed by atoms with Gasteiger partial charge in [-0.05, 0) is 12.1 Å². The molecule has 72 valence electrons. The standard InChI is InChI=1S/C8H7ClN4O/c9-6-2-1-5(4-11-6)8-12-7(3-10)14-13-8/h1-2,4H,3,10H2. The van der Waals surface area contributed by atoms with Crippen molar-refractivity contribution >= 4 is 11.6 Å². The molecule has 0 saturated carbocycles. The van der Waals surface area contributed by atoms with Crippen LogP contribution in [0.5, 0.6) is 0 Å². The van der Waals surface area contributed by atoms with Gasteiger partial charge in [-0.2, -0.15) is 4.98 Å². The van der Waals surface area contributed by atoms with Crippen LogP contribution in [0.15, 0.2) is 22.9 Å². The highest BCUT2D eigenvalue weighted by molar-refractivity contribution is 6.29. The summed E-state index contributed by atoms with van der Waals surface area (Å²) >= 11 is 5.64. The Morgan fingerprint density at radius 1 is 1.43 bits per heavy atom. The first kappa shape index (κ1) is 9.11. The molecule has 6 heteroatoms. The molecule has 5 nitrogen and oxygen atoms in total. The van der Waals surface area contributed by atoms with Crippen LogP contribution in [0.2, 0.25) is 5.15 Å². The van der Waals surface area contributed by atoms with Crippen molar-refractivity contribution in [3.63, 3.8) is 0 Å². The van der Waals surface area contributed by atoms with E-state index in [2.05, 4.69) is 15.1 Å². The van der Waals surface area contributed by atoms with Crippen molar-refractivity contribution in [3.05, 3.63) is 29.4 Å². The van der Waals surface area contributed by atoms with Crippen LogP contribution in [0, 0.1) is 0 Å². The summed E-state index contributed by atoms with van der Waals surface area (Å²) in [5.41, 5.74) is 6.08. The number of hydrogen-bond acceptors (Lipinski definition) is 5. The molecule has 0 amide bonds. The quantitative estimate of drug-likeness (QED) is 0.755. The molecule has 0 aliphatic carbocycles. The van der Waals surface area contributed by atoms with E-state index in [1.54, 1.807) is 18.3 Å². The molecule has 14 heavy (non-hydrogen) atoms. The highest BCUT2D eigenvalue weighted by Crippen LogP contribution is 2.15. The number of aromatic nitrogens is 3. The second-order valence-electron chi connectivity index (χ2n) is 2.59. The SMILES string of the molecule is NCc1nc(-c2ccc(Cl)nc2)no1. The Balaban J connectivity index is 2.34. The Morgan fingerprint density at radius 2 is 2.29 bits per heavy atom. The molecule has 2 aromatic rings. The van der Waals surface area contributed by atoms with E-state index in [9.17, 15) is 0 Å². The molecule has 2 heterocycles. The van der Waals surface area contributed by atoms with Crippen LogP contribution >= 0.6 is 11.6 Å². The Hall–Kier alpha value is -1.46. The molecule has 0 aliphatic heterocycles. The predicted octanol–water partition coefficient (Wildman–Crippen LogP) is 1.24. The zero-order valence-corrected chi connectivity index (χ0v) is 7.90. The van der Waals surface area contributed by atoms with E-state index in [0.29, 0.717) is 16.9 Å². The van der Waals surface area contributed by atoms with Crippen LogP contribution in [0.1, 0.15) is 5.89 Å². The Bertz CT molecular complexity index is 425. The molecule has 2 aromatic heterocycles. The summed E-state index contributed by atoms with van der Waals surface area (Å²) < 4.78 is 4.85. The van der Waals surface area contributed by atoms with Gasteiger partial charge in [-0.3, -0.25) is 0 Å². The number of nitrogens with zero attached hydrogens (tertiary/aromatic N) is 3. The van der Waals surface area contributed by atoms with E-state index in [0.717, 1.165) is 5.56 Å². The number of rotatable bonds is 2. The lowest BCUT2D eigenvalue weighted by Gasteiger charge is -1.92. The van der Waals surface area contributed by atoms with Crippen molar-refractivity contribution in [2.24, 2.45) is 5.73 Å². The minimum Gasteiger partial charge on any atom is -0.338 e. The molecule has 0 bridgehead atoms. The minimum atomic E-state index is 0.230. The van der Waals surface area contributed by atoms with Crippen molar-refractivity contribution < 1.29 is 4.52 Å². The molecule has 2 N–H and O–H groups in total. The van der Waals surface area contributed by atoms with E-state index in [-0.39, 0.29) is 6.54 Å². The maximum Gasteiger partial charge on any atom is 0.240 e. The van der Waals surface area contributed by atoms with Gasteiger partial charge in [0.25, 0.3) is 0 Å². The third-order valence-electron chi connectivity index (χ3n) is 1.63. The molecule has 0 unspecified atom stereocenters. The third-order valence-corrected chi connectivity index (χ3v) is 1.85. The van der Waals surface area contributed by atoms with Crippen molar-refractivity contribution in [2.45, 2.75) is 6.54 Å². The number of nitrogens with two attached hydrogens (primary N) is 1. The first-order valence-electron chi connectivity index (χ1n) is 3.94. The monoisotopic (exact) mass is 210 g/mol. The Labute approximate surface area is 84.9 Å². The van der Waals surface area contributed by atoms with Gasteiger partial charge in [0.05, 0.1) is 6.54 Å². The number of pyridine rings is 1. The van der Waals surface area contributed by atoms with Crippen molar-refractivity contribution in [1.29, 1.82) is 0 Å². The molecule has 0 saturated heterocycles. The zero-order chi connectivity index (χ0) is 9.97. The van der Waals surface area contributed by atoms with Crippen LogP contribution in [0.25, 0.3) is 11.4 Å². The molecular weight excluding hydrogens is 204 g/mol. The average molecular weight is 211 g/mol. The van der Waals surface area contributed by atoms with Gasteiger partial charge >= 0.3 is 0 Å². The van der Waals surface area contributed by atoms with Crippen LogP contribution < -0.4 is 5.73 Å². The largest absolute Gasteiger partial charge is 0.338 e. The van der Waals surface area contributed by atoms with Gasteiger partial charge in [0.1, 0.15) is 5.15 Å². The second kappa shape index (κ2) is 3.73. The van der Waals surface area contributed by atoms with Gasteiger partial charge in [0.15, 0.2) is 0 Å². The highest BCUT2D eigenvalue weighted by Gasteiger charge is 2.06. The summed E-state index contributed by atoms with van der Waals surface area (Å²) in [4.78, 5) is 7.95. The van der Waals surface area contributed by atoms with E-state index < -0.39 is 0 Å². The number of halogens is 1. The summed E-state index contributed by atoms with van der Waals surface area (Å²) in [5, 5.41) is 4.16. The van der Waals surface area contributed by atoms with E-state index in [1.807, 2.05) is 0 Å². The van der Waals surface area contributed by atoms with E-state index in [1.165, 1.54) is 0 Å². The molecule has 0 radical (unpaired) electrons. The van der Waals surface area contributed by atoms with Crippen LogP contribution in [0.3, 0.4) is 0 Å². The van der Waals surface area contributed by atoms with Gasteiger partial charge in [-0.25, -0.2) is 4.98 Å². The van der Waals surface area contributed by atoms with Gasteiger partial charge in [0.2, 0.25) is 11.7 Å². The second-order valence-corrected chi connectivity index (χ2v) is 2.97. The summed E-state index contributed by atoms with van der Waals surface area (Å²) in [5.74, 6) is 0.865. The Kier molecular flexibility index (Phi) is 2.43. The normalized spacial score (nSPS) is 10.4. The van der Waals surface area contributed by atoms with Crippen molar-refractivity contribution in [2.75, 3.05) is 0 Å². The molecule has 0 spiro atoms. The van der Waals surface area contributed by atoms with Crippen LogP contribution in [-0.4, -0.2) is 15.1 Å². The maximum atomic E-state index is 5.64. The van der Waals surface area contributed by atoms with Gasteiger partial charge in [-0.15, -0.1) is 0 Å². The topological polar surface area (TPSA) is 77.8 Å². The fraction of sp³-hybridized carbons (Fsp3) is 0.125. The molecule has 0 aromatic carbocycles. The maximum absolute atomic E-state index is 5.64. The van der Waals surface area contributed by atoms with Gasteiger partial charge in [-0.1, -0.05) is 16.8 Å². The molecule has 2 rings (SSSR count). The predicted molar refractivity (Wildman–Crippen MR) is 50.4 cm³/mol. The number of hydrogen-bond donors (Lipinski definition) is 1. The Morgan fingerprint density at radius 3 is 2.86 bits per heavy atom. The van der Waals surface area contributed by atoms with Crippen LogP contribution in [0.4, 0.5) is 0 Å². The molecule has 0 aliphatic rings. The van der Waals surface area contributed by atoms with E-state index in [4.69, 9.17) is 21.9 Å². The molecule has 0 fully saturated rings. The smallest absolute Gasteiger partial charge is 0.240 e.